The second-order valence-electron chi connectivity index (χ2n) is 7.50. The van der Waals surface area contributed by atoms with E-state index in [2.05, 4.69) is 15.6 Å². The van der Waals surface area contributed by atoms with Crippen molar-refractivity contribution in [3.8, 4) is 0 Å². The minimum absolute atomic E-state index is 0.0216. The lowest BCUT2D eigenvalue weighted by Gasteiger charge is -2.16. The Morgan fingerprint density at radius 2 is 1.80 bits per heavy atom. The van der Waals surface area contributed by atoms with Crippen LogP contribution in [-0.4, -0.2) is 41.5 Å². The van der Waals surface area contributed by atoms with E-state index in [4.69, 9.17) is 0 Å². The van der Waals surface area contributed by atoms with E-state index in [-0.39, 0.29) is 11.6 Å². The third-order valence-corrected chi connectivity index (χ3v) is 5.19. The predicted molar refractivity (Wildman–Crippen MR) is 110 cm³/mol. The van der Waals surface area contributed by atoms with Crippen molar-refractivity contribution in [2.24, 2.45) is 5.92 Å². The lowest BCUT2D eigenvalue weighted by atomic mass is 10.0. The molecule has 0 spiro atoms. The largest absolute Gasteiger partial charge is 0.338 e. The first kappa shape index (κ1) is 21.7. The molecule has 0 saturated carbocycles. The van der Waals surface area contributed by atoms with Crippen LogP contribution in [0.25, 0.3) is 0 Å². The van der Waals surface area contributed by atoms with Gasteiger partial charge in [0.1, 0.15) is 0 Å². The SMILES string of the molecule is O=C(NCCCCCC1CCN(C(=O)c2ccccc2)C1)Nc1cc(F)nc(F)c1. The first-order valence-electron chi connectivity index (χ1n) is 10.2. The quantitative estimate of drug-likeness (QED) is 0.500. The molecule has 160 valence electrons. The maximum absolute atomic E-state index is 13.0. The van der Waals surface area contributed by atoms with Crippen molar-refractivity contribution in [2.45, 2.75) is 32.1 Å². The summed E-state index contributed by atoms with van der Waals surface area (Å²) in [7, 11) is 0. The number of carbonyl (C=O) groups is 2. The zero-order valence-electron chi connectivity index (χ0n) is 16.7. The van der Waals surface area contributed by atoms with Crippen molar-refractivity contribution in [3.63, 3.8) is 0 Å². The number of rotatable bonds is 8. The van der Waals surface area contributed by atoms with Crippen molar-refractivity contribution in [1.29, 1.82) is 0 Å². The molecule has 2 aromatic rings. The van der Waals surface area contributed by atoms with Gasteiger partial charge in [-0.1, -0.05) is 31.0 Å². The molecule has 1 fully saturated rings. The van der Waals surface area contributed by atoms with Gasteiger partial charge >= 0.3 is 6.03 Å². The van der Waals surface area contributed by atoms with Gasteiger partial charge in [0.2, 0.25) is 11.9 Å². The molecule has 0 radical (unpaired) electrons. The number of urea groups is 1. The molecule has 1 aromatic carbocycles. The molecular weight excluding hydrogens is 390 g/mol. The Labute approximate surface area is 174 Å². The molecular formula is C22H26F2N4O2. The molecule has 2 heterocycles. The Bertz CT molecular complexity index is 843. The zero-order valence-corrected chi connectivity index (χ0v) is 16.7. The molecule has 1 aliphatic heterocycles. The monoisotopic (exact) mass is 416 g/mol. The van der Waals surface area contributed by atoms with Crippen LogP contribution in [0.2, 0.25) is 0 Å². The number of unbranched alkanes of at least 4 members (excludes halogenated alkanes) is 2. The smallest absolute Gasteiger partial charge is 0.319 e. The molecule has 3 rings (SSSR count). The third-order valence-electron chi connectivity index (χ3n) is 5.19. The fourth-order valence-electron chi connectivity index (χ4n) is 3.67. The van der Waals surface area contributed by atoms with Crippen LogP contribution in [0.4, 0.5) is 19.3 Å². The number of likely N-dealkylation sites (tertiary alicyclic amines) is 1. The van der Waals surface area contributed by atoms with Crippen molar-refractivity contribution in [3.05, 3.63) is 59.9 Å². The summed E-state index contributed by atoms with van der Waals surface area (Å²) in [5.41, 5.74) is 0.757. The lowest BCUT2D eigenvalue weighted by Crippen LogP contribution is -2.29. The van der Waals surface area contributed by atoms with Gasteiger partial charge in [0.25, 0.3) is 5.91 Å². The van der Waals surface area contributed by atoms with E-state index in [0.29, 0.717) is 12.5 Å². The van der Waals surface area contributed by atoms with Crippen LogP contribution in [0.15, 0.2) is 42.5 Å². The molecule has 3 amide bonds. The average molecular weight is 416 g/mol. The Morgan fingerprint density at radius 3 is 2.53 bits per heavy atom. The van der Waals surface area contributed by atoms with Crippen molar-refractivity contribution in [1.82, 2.24) is 15.2 Å². The van der Waals surface area contributed by atoms with E-state index < -0.39 is 17.9 Å². The number of nitrogens with one attached hydrogen (secondary N) is 2. The first-order valence-corrected chi connectivity index (χ1v) is 10.2. The summed E-state index contributed by atoms with van der Waals surface area (Å²) in [5.74, 6) is -1.35. The minimum atomic E-state index is -0.985. The molecule has 0 aliphatic carbocycles. The number of anilines is 1. The number of aromatic nitrogens is 1. The van der Waals surface area contributed by atoms with E-state index in [1.807, 2.05) is 35.2 Å². The molecule has 1 aliphatic rings. The average Bonchev–Trinajstić information content (AvgIpc) is 3.19. The summed E-state index contributed by atoms with van der Waals surface area (Å²) < 4.78 is 26.0. The van der Waals surface area contributed by atoms with Crippen molar-refractivity contribution in [2.75, 3.05) is 25.0 Å². The van der Waals surface area contributed by atoms with Gasteiger partial charge in [0.05, 0.1) is 5.69 Å². The fraction of sp³-hybridized carbons (Fsp3) is 0.409. The summed E-state index contributed by atoms with van der Waals surface area (Å²) in [6.07, 6.45) is 4.88. The number of hydrogen-bond acceptors (Lipinski definition) is 3. The maximum atomic E-state index is 13.0. The molecule has 1 aromatic heterocycles. The van der Waals surface area contributed by atoms with E-state index in [1.54, 1.807) is 0 Å². The summed E-state index contributed by atoms with van der Waals surface area (Å²) in [5, 5.41) is 5.05. The highest BCUT2D eigenvalue weighted by molar-refractivity contribution is 5.94. The van der Waals surface area contributed by atoms with Crippen molar-refractivity contribution < 1.29 is 18.4 Å². The maximum Gasteiger partial charge on any atom is 0.319 e. The van der Waals surface area contributed by atoms with E-state index >= 15 is 0 Å². The molecule has 1 saturated heterocycles. The highest BCUT2D eigenvalue weighted by Gasteiger charge is 2.26. The summed E-state index contributed by atoms with van der Waals surface area (Å²) >= 11 is 0. The molecule has 6 nitrogen and oxygen atoms in total. The molecule has 30 heavy (non-hydrogen) atoms. The number of benzene rings is 1. The lowest BCUT2D eigenvalue weighted by molar-refractivity contribution is 0.0786. The Balaban J connectivity index is 1.27. The van der Waals surface area contributed by atoms with E-state index in [1.165, 1.54) is 0 Å². The van der Waals surface area contributed by atoms with Crippen LogP contribution in [0, 0.1) is 17.8 Å². The van der Waals surface area contributed by atoms with Gasteiger partial charge in [-0.25, -0.2) is 4.79 Å². The normalized spacial score (nSPS) is 15.8. The molecule has 2 N–H and O–H groups in total. The number of amides is 3. The number of pyridine rings is 1. The molecule has 1 unspecified atom stereocenters. The minimum Gasteiger partial charge on any atom is -0.338 e. The zero-order chi connectivity index (χ0) is 21.3. The number of hydrogen-bond donors (Lipinski definition) is 2. The molecule has 1 atom stereocenters. The van der Waals surface area contributed by atoms with Gasteiger partial charge in [-0.05, 0) is 37.3 Å². The van der Waals surface area contributed by atoms with Crippen molar-refractivity contribution >= 4 is 17.6 Å². The fourth-order valence-corrected chi connectivity index (χ4v) is 3.67. The molecule has 8 heteroatoms. The van der Waals surface area contributed by atoms with Crippen LogP contribution >= 0.6 is 0 Å². The Hall–Kier alpha value is -3.03. The van der Waals surface area contributed by atoms with Gasteiger partial charge in [0, 0.05) is 37.3 Å². The van der Waals surface area contributed by atoms with Gasteiger partial charge in [-0.3, -0.25) is 4.79 Å². The second kappa shape index (κ2) is 10.7. The van der Waals surface area contributed by atoms with Gasteiger partial charge in [-0.2, -0.15) is 13.8 Å². The number of nitrogens with zero attached hydrogens (tertiary/aromatic N) is 2. The standard InChI is InChI=1S/C22H26F2N4O2/c23-19-13-18(14-20(24)27-19)26-22(30)25-11-6-2-3-7-16-10-12-28(15-16)21(29)17-8-4-1-5-9-17/h1,4-5,8-9,13-14,16H,2-3,6-7,10-12,15H2,(H2,25,26,27,30). The van der Waals surface area contributed by atoms with Crippen LogP contribution in [0.5, 0.6) is 0 Å². The summed E-state index contributed by atoms with van der Waals surface area (Å²) in [4.78, 5) is 29.1. The topological polar surface area (TPSA) is 74.3 Å². The first-order chi connectivity index (χ1) is 14.5. The number of halogens is 2. The predicted octanol–water partition coefficient (Wildman–Crippen LogP) is 4.20. The van der Waals surface area contributed by atoms with Crippen LogP contribution in [0.3, 0.4) is 0 Å². The highest BCUT2D eigenvalue weighted by atomic mass is 19.1. The summed E-state index contributed by atoms with van der Waals surface area (Å²) in [6.45, 7) is 2.08. The Morgan fingerprint density at radius 1 is 1.07 bits per heavy atom. The van der Waals surface area contributed by atoms with E-state index in [9.17, 15) is 18.4 Å². The Kier molecular flexibility index (Phi) is 7.70. The second-order valence-corrected chi connectivity index (χ2v) is 7.50. The van der Waals surface area contributed by atoms with Crippen LogP contribution in [0.1, 0.15) is 42.5 Å². The van der Waals surface area contributed by atoms with Gasteiger partial charge in [-0.15, -0.1) is 0 Å². The van der Waals surface area contributed by atoms with Gasteiger partial charge < -0.3 is 15.5 Å². The number of carbonyl (C=O) groups excluding carboxylic acids is 2. The van der Waals surface area contributed by atoms with Crippen LogP contribution < -0.4 is 10.6 Å². The van der Waals surface area contributed by atoms with Crippen LogP contribution in [-0.2, 0) is 0 Å². The molecule has 0 bridgehead atoms. The third kappa shape index (κ3) is 6.50. The van der Waals surface area contributed by atoms with E-state index in [0.717, 1.165) is 62.9 Å². The van der Waals surface area contributed by atoms with Gasteiger partial charge in [0.15, 0.2) is 0 Å². The summed E-state index contributed by atoms with van der Waals surface area (Å²) in [6, 6.07) is 10.8. The highest BCUT2D eigenvalue weighted by Crippen LogP contribution is 2.23.